The van der Waals surface area contributed by atoms with Crippen LogP contribution in [0.1, 0.15) is 30.3 Å². The first kappa shape index (κ1) is 25.7. The van der Waals surface area contributed by atoms with E-state index in [1.807, 2.05) is 47.0 Å². The fraction of sp³-hybridized carbons (Fsp3) is 0.276. The summed E-state index contributed by atoms with van der Waals surface area (Å²) in [5, 5.41) is 12.4. The van der Waals surface area contributed by atoms with Gasteiger partial charge in [-0.1, -0.05) is 61.2 Å². The number of ether oxygens (including phenoxy) is 3. The maximum absolute atomic E-state index is 12.8. The average molecular weight is 531 g/mol. The molecule has 1 amide bonds. The van der Waals surface area contributed by atoms with Crippen LogP contribution in [0.3, 0.4) is 0 Å². The number of nitrogens with zero attached hydrogens (tertiary/aromatic N) is 3. The number of rotatable bonds is 10. The van der Waals surface area contributed by atoms with Gasteiger partial charge < -0.3 is 19.5 Å². The van der Waals surface area contributed by atoms with Crippen molar-refractivity contribution in [3.63, 3.8) is 0 Å². The van der Waals surface area contributed by atoms with Crippen LogP contribution in [0, 0.1) is 0 Å². The highest BCUT2D eigenvalue weighted by molar-refractivity contribution is 7.99. The van der Waals surface area contributed by atoms with Crippen LogP contribution in [-0.4, -0.2) is 39.6 Å². The Hall–Kier alpha value is -3.98. The van der Waals surface area contributed by atoms with E-state index in [9.17, 15) is 4.79 Å². The lowest BCUT2D eigenvalue weighted by Gasteiger charge is -2.12. The minimum atomic E-state index is -0.146. The molecule has 5 rings (SSSR count). The van der Waals surface area contributed by atoms with Gasteiger partial charge in [0.05, 0.1) is 25.5 Å². The number of amides is 1. The highest BCUT2D eigenvalue weighted by Crippen LogP contribution is 2.32. The molecule has 0 bridgehead atoms. The zero-order valence-electron chi connectivity index (χ0n) is 21.3. The van der Waals surface area contributed by atoms with E-state index >= 15 is 0 Å². The molecule has 1 aliphatic heterocycles. The first-order valence-corrected chi connectivity index (χ1v) is 13.7. The quantitative estimate of drug-likeness (QED) is 0.276. The van der Waals surface area contributed by atoms with E-state index in [0.717, 1.165) is 24.2 Å². The number of carbonyl (C=O) groups excluding carboxylic acids is 1. The lowest BCUT2D eigenvalue weighted by molar-refractivity contribution is -0.113. The maximum atomic E-state index is 12.8. The molecule has 0 atom stereocenters. The summed E-state index contributed by atoms with van der Waals surface area (Å²) in [5.41, 5.74) is 3.03. The normalized spacial score (nSPS) is 12.6. The standard InChI is InChI=1S/C29H30N4O4S/c1-2-21-9-12-24(13-10-21)37-19-27-31-32-29(33(27)18-22-7-4-3-5-8-22)38-20-28(34)30-23-11-14-25-26(17-23)36-16-6-15-35-25/h3-5,7-14,17H,2,6,15-16,18-20H2,1H3,(H,30,34). The van der Waals surface area contributed by atoms with Crippen LogP contribution in [0.4, 0.5) is 5.69 Å². The summed E-state index contributed by atoms with van der Waals surface area (Å²) in [4.78, 5) is 12.8. The van der Waals surface area contributed by atoms with Crippen molar-refractivity contribution in [2.45, 2.75) is 38.1 Å². The zero-order valence-corrected chi connectivity index (χ0v) is 22.1. The molecule has 0 unspecified atom stereocenters. The highest BCUT2D eigenvalue weighted by Gasteiger charge is 2.17. The van der Waals surface area contributed by atoms with Crippen molar-refractivity contribution in [1.82, 2.24) is 14.8 Å². The smallest absolute Gasteiger partial charge is 0.234 e. The summed E-state index contributed by atoms with van der Waals surface area (Å²) in [7, 11) is 0. The van der Waals surface area contributed by atoms with Crippen molar-refractivity contribution in [2.75, 3.05) is 24.3 Å². The summed E-state index contributed by atoms with van der Waals surface area (Å²) in [5.74, 6) is 2.84. The van der Waals surface area contributed by atoms with E-state index in [2.05, 4.69) is 46.7 Å². The molecular formula is C29H30N4O4S. The number of thioether (sulfide) groups is 1. The molecule has 2 heterocycles. The van der Waals surface area contributed by atoms with Gasteiger partial charge in [0.1, 0.15) is 12.4 Å². The van der Waals surface area contributed by atoms with E-state index in [0.29, 0.717) is 47.9 Å². The molecule has 1 aliphatic rings. The Morgan fingerprint density at radius 3 is 2.55 bits per heavy atom. The molecule has 0 spiro atoms. The number of nitrogens with one attached hydrogen (secondary N) is 1. The number of benzene rings is 3. The predicted molar refractivity (Wildman–Crippen MR) is 147 cm³/mol. The molecule has 4 aromatic rings. The molecule has 0 fully saturated rings. The predicted octanol–water partition coefficient (Wildman–Crippen LogP) is 5.36. The van der Waals surface area contributed by atoms with Crippen LogP contribution in [-0.2, 0) is 24.4 Å². The first-order valence-electron chi connectivity index (χ1n) is 12.7. The molecule has 1 aromatic heterocycles. The largest absolute Gasteiger partial charge is 0.490 e. The second-order valence-electron chi connectivity index (χ2n) is 8.81. The fourth-order valence-corrected chi connectivity index (χ4v) is 4.75. The lowest BCUT2D eigenvalue weighted by atomic mass is 10.2. The molecule has 3 aromatic carbocycles. The maximum Gasteiger partial charge on any atom is 0.234 e. The molecule has 0 saturated carbocycles. The third-order valence-electron chi connectivity index (χ3n) is 6.04. The summed E-state index contributed by atoms with van der Waals surface area (Å²) < 4.78 is 19.4. The van der Waals surface area contributed by atoms with Crippen LogP contribution in [0.25, 0.3) is 0 Å². The number of aromatic nitrogens is 3. The van der Waals surface area contributed by atoms with Crippen molar-refractivity contribution in [1.29, 1.82) is 0 Å². The molecule has 9 heteroatoms. The monoisotopic (exact) mass is 530 g/mol. The van der Waals surface area contributed by atoms with Crippen LogP contribution in [0.5, 0.6) is 17.2 Å². The number of aryl methyl sites for hydroxylation is 1. The molecule has 0 radical (unpaired) electrons. The SMILES string of the molecule is CCc1ccc(OCc2nnc(SCC(=O)Nc3ccc4c(c3)OCCCO4)n2Cc2ccccc2)cc1. The number of hydrogen-bond acceptors (Lipinski definition) is 7. The Balaban J connectivity index is 1.25. The summed E-state index contributed by atoms with van der Waals surface area (Å²) in [6, 6.07) is 23.6. The van der Waals surface area contributed by atoms with E-state index in [1.165, 1.54) is 17.3 Å². The Morgan fingerprint density at radius 2 is 1.76 bits per heavy atom. The van der Waals surface area contributed by atoms with Crippen LogP contribution < -0.4 is 19.5 Å². The van der Waals surface area contributed by atoms with E-state index in [4.69, 9.17) is 14.2 Å². The highest BCUT2D eigenvalue weighted by atomic mass is 32.2. The molecule has 0 aliphatic carbocycles. The third-order valence-corrected chi connectivity index (χ3v) is 7.01. The molecule has 0 saturated heterocycles. The van der Waals surface area contributed by atoms with E-state index < -0.39 is 0 Å². The molecule has 1 N–H and O–H groups in total. The average Bonchev–Trinajstić information content (AvgIpc) is 3.16. The van der Waals surface area contributed by atoms with Crippen LogP contribution >= 0.6 is 11.8 Å². The minimum absolute atomic E-state index is 0.146. The summed E-state index contributed by atoms with van der Waals surface area (Å²) in [6.07, 6.45) is 1.81. The second-order valence-corrected chi connectivity index (χ2v) is 9.75. The van der Waals surface area contributed by atoms with Crippen molar-refractivity contribution >= 4 is 23.4 Å². The topological polar surface area (TPSA) is 87.5 Å². The van der Waals surface area contributed by atoms with Gasteiger partial charge >= 0.3 is 0 Å². The fourth-order valence-electron chi connectivity index (χ4n) is 3.99. The lowest BCUT2D eigenvalue weighted by Crippen LogP contribution is -2.15. The van der Waals surface area contributed by atoms with Gasteiger partial charge in [-0.15, -0.1) is 10.2 Å². The van der Waals surface area contributed by atoms with Gasteiger partial charge in [0.25, 0.3) is 0 Å². The Bertz CT molecular complexity index is 1360. The van der Waals surface area contributed by atoms with Crippen molar-refractivity contribution in [3.05, 3.63) is 89.7 Å². The number of fused-ring (bicyclic) bond motifs is 1. The van der Waals surface area contributed by atoms with E-state index in [-0.39, 0.29) is 18.3 Å². The molecule has 8 nitrogen and oxygen atoms in total. The molecular weight excluding hydrogens is 500 g/mol. The van der Waals surface area contributed by atoms with Gasteiger partial charge in [-0.25, -0.2) is 0 Å². The van der Waals surface area contributed by atoms with Crippen LogP contribution in [0.2, 0.25) is 0 Å². The van der Waals surface area contributed by atoms with E-state index in [1.54, 1.807) is 6.07 Å². The van der Waals surface area contributed by atoms with Gasteiger partial charge in [-0.2, -0.15) is 0 Å². The van der Waals surface area contributed by atoms with Crippen LogP contribution in [0.15, 0.2) is 78.0 Å². The number of anilines is 1. The third kappa shape index (κ3) is 6.66. The van der Waals surface area contributed by atoms with Gasteiger partial charge in [0.15, 0.2) is 22.5 Å². The van der Waals surface area contributed by atoms with Gasteiger partial charge in [-0.3, -0.25) is 9.36 Å². The van der Waals surface area contributed by atoms with Gasteiger partial charge in [0, 0.05) is 18.2 Å². The minimum Gasteiger partial charge on any atom is -0.490 e. The van der Waals surface area contributed by atoms with Crippen molar-refractivity contribution in [3.8, 4) is 17.2 Å². The summed E-state index contributed by atoms with van der Waals surface area (Å²) in [6.45, 7) is 4.19. The van der Waals surface area contributed by atoms with Gasteiger partial charge in [-0.05, 0) is 41.8 Å². The zero-order chi connectivity index (χ0) is 26.2. The Morgan fingerprint density at radius 1 is 0.974 bits per heavy atom. The number of hydrogen-bond donors (Lipinski definition) is 1. The molecule has 38 heavy (non-hydrogen) atoms. The van der Waals surface area contributed by atoms with Gasteiger partial charge in [0.2, 0.25) is 5.91 Å². The Labute approximate surface area is 226 Å². The van der Waals surface area contributed by atoms with Crippen molar-refractivity contribution < 1.29 is 19.0 Å². The summed E-state index contributed by atoms with van der Waals surface area (Å²) >= 11 is 1.34. The number of carbonyl (C=O) groups is 1. The second kappa shape index (κ2) is 12.5. The first-order chi connectivity index (χ1) is 18.7. The molecule has 196 valence electrons. The Kier molecular flexibility index (Phi) is 8.45. The van der Waals surface area contributed by atoms with Crippen molar-refractivity contribution in [2.24, 2.45) is 0 Å².